The van der Waals surface area contributed by atoms with Crippen LogP contribution in [-0.4, -0.2) is 26.3 Å². The Hall–Kier alpha value is -2.53. The van der Waals surface area contributed by atoms with E-state index < -0.39 is 0 Å². The van der Waals surface area contributed by atoms with Gasteiger partial charge in [-0.25, -0.2) is 4.79 Å². The first-order valence-corrected chi connectivity index (χ1v) is 8.05. The number of carbonyl (C=O) groups excluding carboxylic acids is 1. The number of hydrogen-bond donors (Lipinski definition) is 2. The number of methoxy groups -OCH3 is 1. The Balaban J connectivity index is 1.64. The van der Waals surface area contributed by atoms with Gasteiger partial charge in [0.25, 0.3) is 0 Å². The molecule has 2 rings (SSSR count). The molecule has 0 radical (unpaired) electrons. The summed E-state index contributed by atoms with van der Waals surface area (Å²) in [6.07, 6.45) is 0.796. The Labute approximate surface area is 143 Å². The molecule has 128 valence electrons. The van der Waals surface area contributed by atoms with Crippen LogP contribution in [-0.2, 0) is 4.74 Å². The number of amides is 2. The number of urea groups is 1. The second-order valence-corrected chi connectivity index (χ2v) is 5.36. The summed E-state index contributed by atoms with van der Waals surface area (Å²) in [5.74, 6) is 0.632. The van der Waals surface area contributed by atoms with Crippen LogP contribution < -0.4 is 15.4 Å². The van der Waals surface area contributed by atoms with Gasteiger partial charge in [0, 0.05) is 13.2 Å². The molecule has 0 bridgehead atoms. The van der Waals surface area contributed by atoms with E-state index in [0.29, 0.717) is 24.6 Å². The highest BCUT2D eigenvalue weighted by Crippen LogP contribution is 2.22. The fourth-order valence-corrected chi connectivity index (χ4v) is 2.27. The number of anilines is 1. The third-order valence-electron chi connectivity index (χ3n) is 3.60. The van der Waals surface area contributed by atoms with Crippen molar-refractivity contribution < 1.29 is 14.3 Å². The summed E-state index contributed by atoms with van der Waals surface area (Å²) in [5.41, 5.74) is 1.80. The van der Waals surface area contributed by atoms with Gasteiger partial charge in [-0.15, -0.1) is 0 Å². The molecule has 2 aromatic carbocycles. The minimum absolute atomic E-state index is 0.0496. The van der Waals surface area contributed by atoms with Gasteiger partial charge in [-0.3, -0.25) is 0 Å². The number of ether oxygens (including phenoxy) is 2. The van der Waals surface area contributed by atoms with E-state index in [9.17, 15) is 4.79 Å². The molecular formula is C19H24N2O3. The molecule has 0 aliphatic rings. The van der Waals surface area contributed by atoms with Crippen molar-refractivity contribution in [3.63, 3.8) is 0 Å². The van der Waals surface area contributed by atoms with Gasteiger partial charge in [0.2, 0.25) is 0 Å². The second-order valence-electron chi connectivity index (χ2n) is 5.36. The van der Waals surface area contributed by atoms with Crippen LogP contribution in [0.15, 0.2) is 54.6 Å². The number of benzene rings is 2. The first-order valence-electron chi connectivity index (χ1n) is 8.05. The summed E-state index contributed by atoms with van der Waals surface area (Å²) < 4.78 is 11.0. The van der Waals surface area contributed by atoms with Crippen LogP contribution in [0.5, 0.6) is 5.75 Å². The molecule has 0 saturated heterocycles. The number of carbonyl (C=O) groups is 1. The Morgan fingerprint density at radius 3 is 2.54 bits per heavy atom. The van der Waals surface area contributed by atoms with Gasteiger partial charge in [-0.2, -0.15) is 0 Å². The van der Waals surface area contributed by atoms with Crippen molar-refractivity contribution in [2.45, 2.75) is 19.4 Å². The van der Waals surface area contributed by atoms with Crippen molar-refractivity contribution in [3.05, 3.63) is 60.2 Å². The van der Waals surface area contributed by atoms with Crippen molar-refractivity contribution in [2.24, 2.45) is 0 Å². The van der Waals surface area contributed by atoms with Crippen LogP contribution in [0.25, 0.3) is 0 Å². The lowest BCUT2D eigenvalue weighted by Gasteiger charge is -2.14. The highest BCUT2D eigenvalue weighted by Gasteiger charge is 2.07. The van der Waals surface area contributed by atoms with Gasteiger partial charge < -0.3 is 20.1 Å². The van der Waals surface area contributed by atoms with Crippen LogP contribution in [0.4, 0.5) is 10.5 Å². The number of para-hydroxylation sites is 2. The fourth-order valence-electron chi connectivity index (χ4n) is 2.27. The SMILES string of the molecule is COc1ccccc1NC(=O)NCCCOC(C)c1ccccc1. The van der Waals surface area contributed by atoms with E-state index in [0.717, 1.165) is 12.0 Å². The lowest BCUT2D eigenvalue weighted by Crippen LogP contribution is -2.30. The Morgan fingerprint density at radius 1 is 1.08 bits per heavy atom. The normalized spacial score (nSPS) is 11.6. The zero-order valence-corrected chi connectivity index (χ0v) is 14.1. The van der Waals surface area contributed by atoms with Crippen LogP contribution in [0.1, 0.15) is 25.0 Å². The summed E-state index contributed by atoms with van der Waals surface area (Å²) in [5, 5.41) is 5.58. The molecule has 5 heteroatoms. The highest BCUT2D eigenvalue weighted by atomic mass is 16.5. The molecule has 0 saturated carbocycles. The van der Waals surface area contributed by atoms with E-state index in [2.05, 4.69) is 10.6 Å². The monoisotopic (exact) mass is 328 g/mol. The summed E-state index contributed by atoms with van der Waals surface area (Å²) >= 11 is 0. The molecule has 0 fully saturated rings. The van der Waals surface area contributed by atoms with Gasteiger partial charge in [0.1, 0.15) is 5.75 Å². The Morgan fingerprint density at radius 2 is 1.79 bits per heavy atom. The predicted octanol–water partition coefficient (Wildman–Crippen LogP) is 3.98. The quantitative estimate of drug-likeness (QED) is 0.721. The van der Waals surface area contributed by atoms with Crippen molar-refractivity contribution in [1.29, 1.82) is 0 Å². The molecule has 0 aliphatic heterocycles. The number of nitrogens with one attached hydrogen (secondary N) is 2. The topological polar surface area (TPSA) is 59.6 Å². The van der Waals surface area contributed by atoms with E-state index >= 15 is 0 Å². The van der Waals surface area contributed by atoms with Gasteiger partial charge in [-0.1, -0.05) is 42.5 Å². The average molecular weight is 328 g/mol. The minimum Gasteiger partial charge on any atom is -0.495 e. The fraction of sp³-hybridized carbons (Fsp3) is 0.316. The van der Waals surface area contributed by atoms with Gasteiger partial charge in [0.05, 0.1) is 18.9 Å². The van der Waals surface area contributed by atoms with Gasteiger partial charge in [-0.05, 0) is 31.0 Å². The van der Waals surface area contributed by atoms with Crippen molar-refractivity contribution in [2.75, 3.05) is 25.6 Å². The molecule has 5 nitrogen and oxygen atoms in total. The molecule has 0 heterocycles. The second kappa shape index (κ2) is 9.57. The molecule has 0 aliphatic carbocycles. The minimum atomic E-state index is -0.254. The van der Waals surface area contributed by atoms with E-state index in [1.807, 2.05) is 49.4 Å². The van der Waals surface area contributed by atoms with E-state index in [-0.39, 0.29) is 12.1 Å². The first kappa shape index (κ1) is 17.8. The third-order valence-corrected chi connectivity index (χ3v) is 3.60. The van der Waals surface area contributed by atoms with E-state index in [1.165, 1.54) is 0 Å². The van der Waals surface area contributed by atoms with Crippen molar-refractivity contribution in [1.82, 2.24) is 5.32 Å². The molecule has 2 amide bonds. The van der Waals surface area contributed by atoms with Crippen molar-refractivity contribution in [3.8, 4) is 5.75 Å². The summed E-state index contributed by atoms with van der Waals surface area (Å²) in [6.45, 7) is 3.16. The molecule has 0 spiro atoms. The standard InChI is InChI=1S/C19H24N2O3/c1-15(16-9-4-3-5-10-16)24-14-8-13-20-19(22)21-17-11-6-7-12-18(17)23-2/h3-7,9-12,15H,8,13-14H2,1-2H3,(H2,20,21,22). The van der Waals surface area contributed by atoms with Crippen LogP contribution in [0.2, 0.25) is 0 Å². The zero-order chi connectivity index (χ0) is 17.2. The number of rotatable bonds is 8. The van der Waals surface area contributed by atoms with E-state index in [4.69, 9.17) is 9.47 Å². The molecule has 1 unspecified atom stereocenters. The maximum Gasteiger partial charge on any atom is 0.319 e. The van der Waals surface area contributed by atoms with Crippen molar-refractivity contribution >= 4 is 11.7 Å². The maximum absolute atomic E-state index is 11.9. The highest BCUT2D eigenvalue weighted by molar-refractivity contribution is 5.90. The zero-order valence-electron chi connectivity index (χ0n) is 14.1. The van der Waals surface area contributed by atoms with Gasteiger partial charge in [0.15, 0.2) is 0 Å². The van der Waals surface area contributed by atoms with E-state index in [1.54, 1.807) is 19.2 Å². The summed E-state index contributed by atoms with van der Waals surface area (Å²) in [6, 6.07) is 17.1. The third kappa shape index (κ3) is 5.59. The molecule has 24 heavy (non-hydrogen) atoms. The molecule has 1 atom stereocenters. The lowest BCUT2D eigenvalue weighted by molar-refractivity contribution is 0.0644. The van der Waals surface area contributed by atoms with Crippen LogP contribution in [0.3, 0.4) is 0 Å². The smallest absolute Gasteiger partial charge is 0.319 e. The Kier molecular flexibility index (Phi) is 7.11. The van der Waals surface area contributed by atoms with Crippen LogP contribution >= 0.6 is 0 Å². The molecular weight excluding hydrogens is 304 g/mol. The largest absolute Gasteiger partial charge is 0.495 e. The Bertz CT molecular complexity index is 632. The predicted molar refractivity (Wildman–Crippen MR) is 95.4 cm³/mol. The molecule has 2 aromatic rings. The first-order chi connectivity index (χ1) is 11.7. The molecule has 0 aromatic heterocycles. The lowest BCUT2D eigenvalue weighted by atomic mass is 10.1. The summed E-state index contributed by atoms with van der Waals surface area (Å²) in [4.78, 5) is 11.9. The van der Waals surface area contributed by atoms with Gasteiger partial charge >= 0.3 is 6.03 Å². The number of hydrogen-bond acceptors (Lipinski definition) is 3. The van der Waals surface area contributed by atoms with Crippen LogP contribution in [0, 0.1) is 0 Å². The summed E-state index contributed by atoms with van der Waals surface area (Å²) in [7, 11) is 1.57. The average Bonchev–Trinajstić information content (AvgIpc) is 2.62. The molecule has 2 N–H and O–H groups in total. The maximum atomic E-state index is 11.9.